The average Bonchev–Trinajstić information content (AvgIpc) is 2.60. The Morgan fingerprint density at radius 2 is 2.07 bits per heavy atom. The van der Waals surface area contributed by atoms with Crippen molar-refractivity contribution in [2.75, 3.05) is 13.1 Å². The zero-order chi connectivity index (χ0) is 11.5. The van der Waals surface area contributed by atoms with E-state index in [2.05, 4.69) is 26.1 Å². The lowest BCUT2D eigenvalue weighted by Crippen LogP contribution is -2.39. The Kier molecular flexibility index (Phi) is 4.14. The van der Waals surface area contributed by atoms with Crippen molar-refractivity contribution in [2.24, 2.45) is 23.0 Å². The van der Waals surface area contributed by atoms with Crippen LogP contribution in [0.15, 0.2) is 0 Å². The highest BCUT2D eigenvalue weighted by atomic mass is 16.1. The molecule has 1 fully saturated rings. The summed E-state index contributed by atoms with van der Waals surface area (Å²) in [6.45, 7) is 7.78. The standard InChI is InChI=1S/C12H24N2O/c1-12(2,3)8-14-11(15)10-6-4-5-9(10)7-13/h9-10H,4-8,13H2,1-3H3,(H,14,15). The minimum atomic E-state index is 0.159. The summed E-state index contributed by atoms with van der Waals surface area (Å²) in [7, 11) is 0. The Balaban J connectivity index is 2.40. The Morgan fingerprint density at radius 1 is 1.40 bits per heavy atom. The van der Waals surface area contributed by atoms with Crippen LogP contribution in [0.25, 0.3) is 0 Å². The third kappa shape index (κ3) is 3.82. The van der Waals surface area contributed by atoms with Crippen molar-refractivity contribution in [3.8, 4) is 0 Å². The highest BCUT2D eigenvalue weighted by Crippen LogP contribution is 2.31. The molecule has 0 aliphatic heterocycles. The van der Waals surface area contributed by atoms with E-state index in [1.54, 1.807) is 0 Å². The van der Waals surface area contributed by atoms with Crippen LogP contribution in [-0.4, -0.2) is 19.0 Å². The molecular formula is C12H24N2O. The molecule has 88 valence electrons. The smallest absolute Gasteiger partial charge is 0.223 e. The largest absolute Gasteiger partial charge is 0.355 e. The molecule has 1 aliphatic rings. The maximum atomic E-state index is 11.9. The number of rotatable bonds is 3. The first-order valence-electron chi connectivity index (χ1n) is 5.92. The first-order chi connectivity index (χ1) is 6.94. The van der Waals surface area contributed by atoms with Gasteiger partial charge in [0.2, 0.25) is 5.91 Å². The van der Waals surface area contributed by atoms with Gasteiger partial charge in [-0.15, -0.1) is 0 Å². The van der Waals surface area contributed by atoms with E-state index in [-0.39, 0.29) is 17.2 Å². The minimum absolute atomic E-state index is 0.159. The third-order valence-corrected chi connectivity index (χ3v) is 3.09. The Bertz CT molecular complexity index is 220. The fourth-order valence-corrected chi connectivity index (χ4v) is 2.15. The predicted octanol–water partition coefficient (Wildman–Crippen LogP) is 1.52. The minimum Gasteiger partial charge on any atom is -0.355 e. The quantitative estimate of drug-likeness (QED) is 0.745. The topological polar surface area (TPSA) is 55.1 Å². The molecule has 0 aromatic carbocycles. The molecule has 3 heteroatoms. The molecule has 0 saturated heterocycles. The zero-order valence-electron chi connectivity index (χ0n) is 10.2. The average molecular weight is 212 g/mol. The second-order valence-electron chi connectivity index (χ2n) is 5.81. The maximum absolute atomic E-state index is 11.9. The van der Waals surface area contributed by atoms with Crippen molar-refractivity contribution >= 4 is 5.91 Å². The van der Waals surface area contributed by atoms with Crippen LogP contribution in [-0.2, 0) is 4.79 Å². The van der Waals surface area contributed by atoms with E-state index >= 15 is 0 Å². The fraction of sp³-hybridized carbons (Fsp3) is 0.917. The summed E-state index contributed by atoms with van der Waals surface area (Å²) in [5, 5.41) is 3.03. The second-order valence-corrected chi connectivity index (χ2v) is 5.81. The van der Waals surface area contributed by atoms with E-state index in [1.165, 1.54) is 0 Å². The first kappa shape index (κ1) is 12.5. The van der Waals surface area contributed by atoms with Crippen LogP contribution in [0.1, 0.15) is 40.0 Å². The predicted molar refractivity (Wildman–Crippen MR) is 62.4 cm³/mol. The summed E-state index contributed by atoms with van der Waals surface area (Å²) in [6.07, 6.45) is 3.28. The molecule has 0 aromatic rings. The monoisotopic (exact) mass is 212 g/mol. The molecule has 2 unspecified atom stereocenters. The van der Waals surface area contributed by atoms with Gasteiger partial charge in [0.05, 0.1) is 0 Å². The summed E-state index contributed by atoms with van der Waals surface area (Å²) in [4.78, 5) is 11.9. The van der Waals surface area contributed by atoms with Gasteiger partial charge in [0.1, 0.15) is 0 Å². The molecule has 0 radical (unpaired) electrons. The van der Waals surface area contributed by atoms with E-state index in [9.17, 15) is 4.79 Å². The van der Waals surface area contributed by atoms with Gasteiger partial charge in [0, 0.05) is 12.5 Å². The number of hydrogen-bond acceptors (Lipinski definition) is 2. The second kappa shape index (κ2) is 4.97. The van der Waals surface area contributed by atoms with E-state index in [0.717, 1.165) is 25.8 Å². The van der Waals surface area contributed by atoms with Gasteiger partial charge in [0.25, 0.3) is 0 Å². The van der Waals surface area contributed by atoms with Crippen LogP contribution in [0.3, 0.4) is 0 Å². The van der Waals surface area contributed by atoms with E-state index in [0.29, 0.717) is 12.5 Å². The fourth-order valence-electron chi connectivity index (χ4n) is 2.15. The lowest BCUT2D eigenvalue weighted by atomic mass is 9.93. The van der Waals surface area contributed by atoms with Gasteiger partial charge in [-0.1, -0.05) is 27.2 Å². The summed E-state index contributed by atoms with van der Waals surface area (Å²) in [6, 6.07) is 0. The van der Waals surface area contributed by atoms with Crippen molar-refractivity contribution in [1.29, 1.82) is 0 Å². The van der Waals surface area contributed by atoms with Crippen LogP contribution < -0.4 is 11.1 Å². The number of carbonyl (C=O) groups is 1. The van der Waals surface area contributed by atoms with Crippen LogP contribution in [0.5, 0.6) is 0 Å². The summed E-state index contributed by atoms with van der Waals surface area (Å²) in [5.74, 6) is 0.778. The molecule has 1 saturated carbocycles. The normalized spacial score (nSPS) is 26.7. The molecular weight excluding hydrogens is 188 g/mol. The number of hydrogen-bond donors (Lipinski definition) is 2. The van der Waals surface area contributed by atoms with Gasteiger partial charge in [0.15, 0.2) is 0 Å². The summed E-state index contributed by atoms with van der Waals surface area (Å²) >= 11 is 0. The zero-order valence-corrected chi connectivity index (χ0v) is 10.2. The summed E-state index contributed by atoms with van der Waals surface area (Å²) in [5.41, 5.74) is 5.82. The number of nitrogens with two attached hydrogens (primary N) is 1. The number of carbonyl (C=O) groups excluding carboxylic acids is 1. The third-order valence-electron chi connectivity index (χ3n) is 3.09. The van der Waals surface area contributed by atoms with Gasteiger partial charge in [-0.3, -0.25) is 4.79 Å². The van der Waals surface area contributed by atoms with Gasteiger partial charge in [-0.2, -0.15) is 0 Å². The summed E-state index contributed by atoms with van der Waals surface area (Å²) < 4.78 is 0. The molecule has 0 bridgehead atoms. The van der Waals surface area contributed by atoms with Gasteiger partial charge < -0.3 is 11.1 Å². The van der Waals surface area contributed by atoms with E-state index in [4.69, 9.17) is 5.73 Å². The maximum Gasteiger partial charge on any atom is 0.223 e. The molecule has 3 nitrogen and oxygen atoms in total. The van der Waals surface area contributed by atoms with E-state index < -0.39 is 0 Å². The molecule has 0 heterocycles. The van der Waals surface area contributed by atoms with Crippen LogP contribution in [0, 0.1) is 17.3 Å². The molecule has 0 spiro atoms. The van der Waals surface area contributed by atoms with E-state index in [1.807, 2.05) is 0 Å². The molecule has 3 N–H and O–H groups in total. The van der Waals surface area contributed by atoms with Gasteiger partial charge in [-0.05, 0) is 30.7 Å². The molecule has 2 atom stereocenters. The highest BCUT2D eigenvalue weighted by Gasteiger charge is 2.32. The molecule has 1 amide bonds. The van der Waals surface area contributed by atoms with Gasteiger partial charge >= 0.3 is 0 Å². The molecule has 15 heavy (non-hydrogen) atoms. The number of nitrogens with one attached hydrogen (secondary N) is 1. The van der Waals surface area contributed by atoms with Gasteiger partial charge in [-0.25, -0.2) is 0 Å². The van der Waals surface area contributed by atoms with Crippen molar-refractivity contribution in [2.45, 2.75) is 40.0 Å². The Labute approximate surface area is 92.8 Å². The molecule has 0 aromatic heterocycles. The van der Waals surface area contributed by atoms with Crippen LogP contribution >= 0.6 is 0 Å². The first-order valence-corrected chi connectivity index (χ1v) is 5.92. The lowest BCUT2D eigenvalue weighted by molar-refractivity contribution is -0.126. The van der Waals surface area contributed by atoms with Crippen molar-refractivity contribution in [1.82, 2.24) is 5.32 Å². The lowest BCUT2D eigenvalue weighted by Gasteiger charge is -2.22. The molecule has 1 aliphatic carbocycles. The SMILES string of the molecule is CC(C)(C)CNC(=O)C1CCCC1CN. The Hall–Kier alpha value is -0.570. The van der Waals surface area contributed by atoms with Crippen LogP contribution in [0.2, 0.25) is 0 Å². The Morgan fingerprint density at radius 3 is 2.60 bits per heavy atom. The molecule has 1 rings (SSSR count). The van der Waals surface area contributed by atoms with Crippen molar-refractivity contribution in [3.05, 3.63) is 0 Å². The van der Waals surface area contributed by atoms with Crippen molar-refractivity contribution in [3.63, 3.8) is 0 Å². The number of amides is 1. The van der Waals surface area contributed by atoms with Crippen LogP contribution in [0.4, 0.5) is 0 Å². The highest BCUT2D eigenvalue weighted by molar-refractivity contribution is 5.79. The van der Waals surface area contributed by atoms with Crippen molar-refractivity contribution < 1.29 is 4.79 Å².